The molecular formula is C34H40N2S. The zero-order valence-electron chi connectivity index (χ0n) is 22.8. The Morgan fingerprint density at radius 2 is 1.78 bits per heavy atom. The lowest BCUT2D eigenvalue weighted by Gasteiger charge is -2.32. The number of allylic oxidation sites excluding steroid dienone is 8. The van der Waals surface area contributed by atoms with Gasteiger partial charge in [-0.3, -0.25) is 0 Å². The lowest BCUT2D eigenvalue weighted by atomic mass is 9.75. The van der Waals surface area contributed by atoms with Crippen LogP contribution in [0.3, 0.4) is 0 Å². The van der Waals surface area contributed by atoms with Crippen molar-refractivity contribution in [2.24, 2.45) is 5.41 Å². The topological polar surface area (TPSA) is 6.48 Å². The number of anilines is 2. The largest absolute Gasteiger partial charge is 0.355 e. The zero-order valence-corrected chi connectivity index (χ0v) is 23.6. The van der Waals surface area contributed by atoms with Gasteiger partial charge in [-0.05, 0) is 71.7 Å². The van der Waals surface area contributed by atoms with Gasteiger partial charge >= 0.3 is 0 Å². The summed E-state index contributed by atoms with van der Waals surface area (Å²) in [5, 5.41) is 0.377. The number of benzene rings is 2. The Labute approximate surface area is 228 Å². The first kappa shape index (κ1) is 25.7. The molecule has 0 saturated heterocycles. The predicted octanol–water partition coefficient (Wildman–Crippen LogP) is 9.39. The molecule has 1 aliphatic carbocycles. The molecule has 1 unspecified atom stereocenters. The van der Waals surface area contributed by atoms with Crippen LogP contribution in [0.2, 0.25) is 0 Å². The van der Waals surface area contributed by atoms with Crippen LogP contribution < -0.4 is 9.80 Å². The van der Waals surface area contributed by atoms with Crippen molar-refractivity contribution in [1.82, 2.24) is 0 Å². The summed E-state index contributed by atoms with van der Waals surface area (Å²) in [7, 11) is 2.11. The Hall–Kier alpha value is -2.91. The second kappa shape index (κ2) is 11.2. The second-order valence-corrected chi connectivity index (χ2v) is 12.4. The van der Waals surface area contributed by atoms with E-state index in [9.17, 15) is 0 Å². The summed E-state index contributed by atoms with van der Waals surface area (Å²) >= 11 is 2.01. The quantitative estimate of drug-likeness (QED) is 0.344. The Balaban J connectivity index is 1.38. The molecule has 0 radical (unpaired) electrons. The van der Waals surface area contributed by atoms with E-state index in [1.807, 2.05) is 11.8 Å². The third kappa shape index (κ3) is 5.99. The molecule has 0 N–H and O–H groups in total. The van der Waals surface area contributed by atoms with Gasteiger partial charge in [0.25, 0.3) is 0 Å². The lowest BCUT2D eigenvalue weighted by molar-refractivity contribution is 0.354. The summed E-state index contributed by atoms with van der Waals surface area (Å²) in [4.78, 5) is 6.23. The summed E-state index contributed by atoms with van der Waals surface area (Å²) in [6, 6.07) is 17.6. The van der Waals surface area contributed by atoms with Crippen molar-refractivity contribution in [2.45, 2.75) is 63.1 Å². The highest BCUT2D eigenvalue weighted by Gasteiger charge is 2.30. The molecule has 0 amide bonds. The van der Waals surface area contributed by atoms with Crippen LogP contribution in [0.15, 0.2) is 107 Å². The minimum absolute atomic E-state index is 0.261. The Kier molecular flexibility index (Phi) is 7.81. The monoisotopic (exact) mass is 508 g/mol. The van der Waals surface area contributed by atoms with Gasteiger partial charge in [-0.1, -0.05) is 100 Å². The molecule has 37 heavy (non-hydrogen) atoms. The number of fused-ring (bicyclic) bond motifs is 2. The SMILES string of the molecule is CCCCCN1c2ccccc2SC1C=C1C=C(/C=C/C=C2\C=CN(C)c3ccccc32)CC(C)(C)C1. The summed E-state index contributed by atoms with van der Waals surface area (Å²) in [6.07, 6.45) is 22.2. The molecule has 2 nitrogen and oxygen atoms in total. The highest BCUT2D eigenvalue weighted by atomic mass is 32.2. The number of unbranched alkanes of at least 4 members (excludes halogenated alkanes) is 2. The maximum atomic E-state index is 2.63. The van der Waals surface area contributed by atoms with Crippen molar-refractivity contribution in [2.75, 3.05) is 23.4 Å². The van der Waals surface area contributed by atoms with Crippen molar-refractivity contribution >= 4 is 28.7 Å². The Morgan fingerprint density at radius 3 is 2.62 bits per heavy atom. The second-order valence-electron chi connectivity index (χ2n) is 11.3. The number of hydrogen-bond donors (Lipinski definition) is 0. The standard InChI is InChI=1S/C34H40N2S/c1-5-6-11-20-36-31-17-9-10-18-32(31)37-33(36)23-27-22-26(24-34(2,3)25-27)13-12-14-28-19-21-35(4)30-16-8-7-15-29(28)30/h7-10,12-19,21-23,33H,5-6,11,20,24-25H2,1-4H3/b13-12+,27-23?,28-14+. The molecule has 5 rings (SSSR count). The van der Waals surface area contributed by atoms with Gasteiger partial charge in [0.15, 0.2) is 0 Å². The molecule has 192 valence electrons. The van der Waals surface area contributed by atoms with E-state index in [0.29, 0.717) is 5.37 Å². The van der Waals surface area contributed by atoms with Crippen LogP contribution in [-0.2, 0) is 0 Å². The van der Waals surface area contributed by atoms with Gasteiger partial charge in [0.1, 0.15) is 0 Å². The van der Waals surface area contributed by atoms with E-state index < -0.39 is 0 Å². The molecule has 0 fully saturated rings. The van der Waals surface area contributed by atoms with Crippen molar-refractivity contribution < 1.29 is 0 Å². The van der Waals surface area contributed by atoms with Crippen LogP contribution in [0.25, 0.3) is 5.57 Å². The van der Waals surface area contributed by atoms with E-state index in [4.69, 9.17) is 0 Å². The molecule has 2 aliphatic heterocycles. The van der Waals surface area contributed by atoms with Crippen molar-refractivity contribution in [1.29, 1.82) is 0 Å². The summed E-state index contributed by atoms with van der Waals surface area (Å²) in [5.74, 6) is 0. The van der Waals surface area contributed by atoms with Gasteiger partial charge in [-0.25, -0.2) is 0 Å². The van der Waals surface area contributed by atoms with Crippen molar-refractivity contribution in [3.8, 4) is 0 Å². The van der Waals surface area contributed by atoms with E-state index in [1.165, 1.54) is 57.8 Å². The fourth-order valence-corrected chi connectivity index (χ4v) is 7.05. The van der Waals surface area contributed by atoms with Crippen LogP contribution in [0.4, 0.5) is 11.4 Å². The van der Waals surface area contributed by atoms with Gasteiger partial charge in [0.2, 0.25) is 0 Å². The minimum Gasteiger partial charge on any atom is -0.355 e. The van der Waals surface area contributed by atoms with E-state index >= 15 is 0 Å². The van der Waals surface area contributed by atoms with Crippen LogP contribution in [0.5, 0.6) is 0 Å². The van der Waals surface area contributed by atoms with Gasteiger partial charge in [0.05, 0.1) is 11.1 Å². The smallest absolute Gasteiger partial charge is 0.0988 e. The van der Waals surface area contributed by atoms with Crippen molar-refractivity contribution in [3.63, 3.8) is 0 Å². The van der Waals surface area contributed by atoms with E-state index in [-0.39, 0.29) is 5.41 Å². The first-order chi connectivity index (χ1) is 17.9. The lowest BCUT2D eigenvalue weighted by Crippen LogP contribution is -2.29. The highest BCUT2D eigenvalue weighted by Crippen LogP contribution is 2.46. The average Bonchev–Trinajstić information content (AvgIpc) is 3.21. The van der Waals surface area contributed by atoms with Crippen LogP contribution in [0.1, 0.15) is 58.4 Å². The summed E-state index contributed by atoms with van der Waals surface area (Å²) in [5.41, 5.74) is 8.36. The fraction of sp³-hybridized carbons (Fsp3) is 0.353. The average molecular weight is 509 g/mol. The van der Waals surface area contributed by atoms with E-state index in [2.05, 4.69) is 129 Å². The Bertz CT molecular complexity index is 1280. The van der Waals surface area contributed by atoms with Crippen LogP contribution in [-0.4, -0.2) is 19.0 Å². The van der Waals surface area contributed by atoms with Crippen LogP contribution in [0, 0.1) is 5.41 Å². The molecular weight excluding hydrogens is 468 g/mol. The predicted molar refractivity (Wildman–Crippen MR) is 163 cm³/mol. The third-order valence-electron chi connectivity index (χ3n) is 7.48. The van der Waals surface area contributed by atoms with Gasteiger partial charge in [-0.2, -0.15) is 0 Å². The molecule has 0 aromatic heterocycles. The maximum Gasteiger partial charge on any atom is 0.0988 e. The fourth-order valence-electron chi connectivity index (χ4n) is 5.74. The van der Waals surface area contributed by atoms with E-state index in [0.717, 1.165) is 19.4 Å². The zero-order chi connectivity index (χ0) is 25.8. The number of nitrogens with zero attached hydrogens (tertiary/aromatic N) is 2. The minimum atomic E-state index is 0.261. The molecule has 1 atom stereocenters. The molecule has 3 heteroatoms. The molecule has 0 bridgehead atoms. The molecule has 2 aromatic carbocycles. The number of para-hydroxylation sites is 2. The van der Waals surface area contributed by atoms with Crippen LogP contribution >= 0.6 is 11.8 Å². The maximum absolute atomic E-state index is 2.63. The first-order valence-corrected chi connectivity index (χ1v) is 14.6. The molecule has 3 aliphatic rings. The van der Waals surface area contributed by atoms with Gasteiger partial charge in [-0.15, -0.1) is 0 Å². The molecule has 2 aromatic rings. The normalized spacial score (nSPS) is 22.6. The first-order valence-electron chi connectivity index (χ1n) is 13.8. The molecule has 0 saturated carbocycles. The van der Waals surface area contributed by atoms with Gasteiger partial charge in [0, 0.05) is 35.9 Å². The summed E-state index contributed by atoms with van der Waals surface area (Å²) < 4.78 is 0. The number of hydrogen-bond acceptors (Lipinski definition) is 3. The van der Waals surface area contributed by atoms with Gasteiger partial charge < -0.3 is 9.80 Å². The number of thioether (sulfide) groups is 1. The number of rotatable bonds is 7. The van der Waals surface area contributed by atoms with E-state index in [1.54, 1.807) is 0 Å². The molecule has 2 heterocycles. The molecule has 0 spiro atoms. The highest BCUT2D eigenvalue weighted by molar-refractivity contribution is 8.00. The third-order valence-corrected chi connectivity index (χ3v) is 8.71. The Morgan fingerprint density at radius 1 is 1.00 bits per heavy atom. The summed E-state index contributed by atoms with van der Waals surface area (Å²) in [6.45, 7) is 8.23. The van der Waals surface area contributed by atoms with Crippen molar-refractivity contribution in [3.05, 3.63) is 108 Å².